The van der Waals surface area contributed by atoms with Gasteiger partial charge in [-0.25, -0.2) is 13.4 Å². The molecule has 0 atom stereocenters. The van der Waals surface area contributed by atoms with Crippen molar-refractivity contribution in [2.45, 2.75) is 11.8 Å². The van der Waals surface area contributed by atoms with E-state index in [1.165, 1.54) is 23.5 Å². The van der Waals surface area contributed by atoms with Crippen LogP contribution in [0, 0.1) is 6.92 Å². The van der Waals surface area contributed by atoms with Gasteiger partial charge in [-0.3, -0.25) is 4.72 Å². The second-order valence-electron chi connectivity index (χ2n) is 4.57. The normalized spacial score (nSPS) is 11.8. The molecular weight excluding hydrogens is 363 g/mol. The molecule has 4 nitrogen and oxygen atoms in total. The lowest BCUT2D eigenvalue weighted by Crippen LogP contribution is -2.13. The summed E-state index contributed by atoms with van der Waals surface area (Å²) in [6.07, 6.45) is 0. The van der Waals surface area contributed by atoms with Crippen molar-refractivity contribution in [1.82, 2.24) is 4.98 Å². The molecule has 2 aromatic carbocycles. The van der Waals surface area contributed by atoms with Crippen molar-refractivity contribution >= 4 is 60.5 Å². The zero-order valence-corrected chi connectivity index (χ0v) is 14.4. The van der Waals surface area contributed by atoms with E-state index in [1.807, 2.05) is 6.92 Å². The van der Waals surface area contributed by atoms with E-state index in [1.54, 1.807) is 24.3 Å². The number of nitrogens with zero attached hydrogens (tertiary/aromatic N) is 1. The largest absolute Gasteiger partial charge is 0.280 e. The van der Waals surface area contributed by atoms with Gasteiger partial charge in [-0.05, 0) is 37.3 Å². The van der Waals surface area contributed by atoms with Crippen molar-refractivity contribution in [3.8, 4) is 0 Å². The maximum Gasteiger partial charge on any atom is 0.263 e. The van der Waals surface area contributed by atoms with Crippen molar-refractivity contribution < 1.29 is 8.42 Å². The summed E-state index contributed by atoms with van der Waals surface area (Å²) in [5.74, 6) is 0. The highest BCUT2D eigenvalue weighted by Gasteiger charge is 2.19. The van der Waals surface area contributed by atoms with E-state index in [0.717, 1.165) is 15.2 Å². The Morgan fingerprint density at radius 1 is 1.18 bits per heavy atom. The Hall–Kier alpha value is -1.34. The van der Waals surface area contributed by atoms with Gasteiger partial charge in [0.15, 0.2) is 0 Å². The fourth-order valence-electron chi connectivity index (χ4n) is 2.00. The summed E-state index contributed by atoms with van der Waals surface area (Å²) in [6.45, 7) is 1.90. The Balaban J connectivity index is 2.00. The summed E-state index contributed by atoms with van der Waals surface area (Å²) >= 11 is 13.4. The molecule has 0 saturated carbocycles. The summed E-state index contributed by atoms with van der Waals surface area (Å²) in [6, 6.07) is 9.67. The molecule has 0 spiro atoms. The maximum absolute atomic E-state index is 12.4. The summed E-state index contributed by atoms with van der Waals surface area (Å²) in [7, 11) is -3.81. The molecule has 114 valence electrons. The number of sulfonamides is 1. The summed E-state index contributed by atoms with van der Waals surface area (Å²) in [5.41, 5.74) is 1.29. The SMILES string of the molecule is Cc1nc2ccc(NS(=O)(=O)c3cccc(Cl)c3Cl)cc2s1. The Morgan fingerprint density at radius 2 is 1.95 bits per heavy atom. The average Bonchev–Trinajstić information content (AvgIpc) is 2.80. The molecule has 1 N–H and O–H groups in total. The minimum absolute atomic E-state index is 0.00591. The van der Waals surface area contributed by atoms with Gasteiger partial charge in [-0.2, -0.15) is 0 Å². The molecule has 0 aliphatic rings. The van der Waals surface area contributed by atoms with Crippen LogP contribution in [0.4, 0.5) is 5.69 Å². The molecule has 1 aromatic heterocycles. The summed E-state index contributed by atoms with van der Waals surface area (Å²) < 4.78 is 28.3. The molecule has 0 radical (unpaired) electrons. The van der Waals surface area contributed by atoms with Gasteiger partial charge in [0.25, 0.3) is 10.0 Å². The Bertz CT molecular complexity index is 968. The van der Waals surface area contributed by atoms with Crippen molar-refractivity contribution in [3.63, 3.8) is 0 Å². The Morgan fingerprint density at radius 3 is 2.73 bits per heavy atom. The van der Waals surface area contributed by atoms with Crippen LogP contribution in [-0.2, 0) is 10.0 Å². The van der Waals surface area contributed by atoms with E-state index < -0.39 is 10.0 Å². The number of aryl methyl sites for hydroxylation is 1. The first-order chi connectivity index (χ1) is 10.4. The number of hydrogen-bond acceptors (Lipinski definition) is 4. The van der Waals surface area contributed by atoms with Crippen molar-refractivity contribution in [2.24, 2.45) is 0 Å². The lowest BCUT2D eigenvalue weighted by atomic mass is 10.3. The highest BCUT2D eigenvalue weighted by molar-refractivity contribution is 7.92. The van der Waals surface area contributed by atoms with Crippen LogP contribution >= 0.6 is 34.5 Å². The molecule has 8 heteroatoms. The zero-order valence-electron chi connectivity index (χ0n) is 11.3. The lowest BCUT2D eigenvalue weighted by Gasteiger charge is -2.10. The molecule has 1 heterocycles. The highest BCUT2D eigenvalue weighted by atomic mass is 35.5. The van der Waals surface area contributed by atoms with Gasteiger partial charge in [-0.1, -0.05) is 29.3 Å². The number of aromatic nitrogens is 1. The number of halogens is 2. The van der Waals surface area contributed by atoms with Crippen LogP contribution < -0.4 is 4.72 Å². The number of benzene rings is 2. The lowest BCUT2D eigenvalue weighted by molar-refractivity contribution is 0.601. The van der Waals surface area contributed by atoms with Gasteiger partial charge in [0.05, 0.1) is 31.0 Å². The quantitative estimate of drug-likeness (QED) is 0.723. The number of hydrogen-bond donors (Lipinski definition) is 1. The number of thiazole rings is 1. The van der Waals surface area contributed by atoms with E-state index in [2.05, 4.69) is 9.71 Å². The third-order valence-corrected chi connectivity index (χ3v) is 6.24. The Kier molecular flexibility index (Phi) is 4.03. The third kappa shape index (κ3) is 2.92. The predicted molar refractivity (Wildman–Crippen MR) is 91.6 cm³/mol. The summed E-state index contributed by atoms with van der Waals surface area (Å²) in [4.78, 5) is 4.28. The first kappa shape index (κ1) is 15.6. The van der Waals surface area contributed by atoms with Crippen LogP contribution in [0.1, 0.15) is 5.01 Å². The average molecular weight is 373 g/mol. The molecule has 0 bridgehead atoms. The number of nitrogens with one attached hydrogen (secondary N) is 1. The Labute approximate surface area is 141 Å². The molecule has 0 saturated heterocycles. The second-order valence-corrected chi connectivity index (χ2v) is 8.24. The maximum atomic E-state index is 12.4. The monoisotopic (exact) mass is 372 g/mol. The highest BCUT2D eigenvalue weighted by Crippen LogP contribution is 2.31. The first-order valence-electron chi connectivity index (χ1n) is 6.21. The van der Waals surface area contributed by atoms with E-state index in [4.69, 9.17) is 23.2 Å². The molecule has 0 aliphatic carbocycles. The van der Waals surface area contributed by atoms with Gasteiger partial charge in [-0.15, -0.1) is 11.3 Å². The third-order valence-electron chi connectivity index (χ3n) is 2.95. The van der Waals surface area contributed by atoms with E-state index in [9.17, 15) is 8.42 Å². The van der Waals surface area contributed by atoms with Gasteiger partial charge >= 0.3 is 0 Å². The van der Waals surface area contributed by atoms with Gasteiger partial charge < -0.3 is 0 Å². The minimum atomic E-state index is -3.81. The summed E-state index contributed by atoms with van der Waals surface area (Å²) in [5, 5.41) is 1.12. The minimum Gasteiger partial charge on any atom is -0.280 e. The fourth-order valence-corrected chi connectivity index (χ4v) is 4.68. The van der Waals surface area contributed by atoms with Crippen molar-refractivity contribution in [3.05, 3.63) is 51.5 Å². The predicted octanol–water partition coefficient (Wildman–Crippen LogP) is 4.71. The van der Waals surface area contributed by atoms with Gasteiger partial charge in [0, 0.05) is 0 Å². The van der Waals surface area contributed by atoms with Crippen molar-refractivity contribution in [2.75, 3.05) is 4.72 Å². The number of anilines is 1. The van der Waals surface area contributed by atoms with Crippen LogP contribution in [-0.4, -0.2) is 13.4 Å². The number of fused-ring (bicyclic) bond motifs is 1. The smallest absolute Gasteiger partial charge is 0.263 e. The molecule has 3 rings (SSSR count). The van der Waals surface area contributed by atoms with E-state index >= 15 is 0 Å². The van der Waals surface area contributed by atoms with Gasteiger partial charge in [0.2, 0.25) is 0 Å². The molecule has 0 aliphatic heterocycles. The fraction of sp³-hybridized carbons (Fsp3) is 0.0714. The van der Waals surface area contributed by atoms with Crippen LogP contribution in [0.5, 0.6) is 0 Å². The van der Waals surface area contributed by atoms with E-state index in [0.29, 0.717) is 5.69 Å². The molecule has 22 heavy (non-hydrogen) atoms. The van der Waals surface area contributed by atoms with E-state index in [-0.39, 0.29) is 14.9 Å². The molecule has 0 unspecified atom stereocenters. The van der Waals surface area contributed by atoms with Crippen LogP contribution in [0.25, 0.3) is 10.2 Å². The zero-order chi connectivity index (χ0) is 15.9. The topological polar surface area (TPSA) is 59.1 Å². The molecule has 0 amide bonds. The van der Waals surface area contributed by atoms with Crippen LogP contribution in [0.3, 0.4) is 0 Å². The molecule has 0 fully saturated rings. The number of rotatable bonds is 3. The standard InChI is InChI=1S/C14H10Cl2N2O2S2/c1-8-17-11-6-5-9(7-12(11)21-8)18-22(19,20)13-4-2-3-10(15)14(13)16/h2-7,18H,1H3. The van der Waals surface area contributed by atoms with Gasteiger partial charge in [0.1, 0.15) is 4.90 Å². The second kappa shape index (κ2) is 5.70. The first-order valence-corrected chi connectivity index (χ1v) is 9.26. The van der Waals surface area contributed by atoms with Crippen LogP contribution in [0.2, 0.25) is 10.0 Å². The van der Waals surface area contributed by atoms with Crippen LogP contribution in [0.15, 0.2) is 41.3 Å². The van der Waals surface area contributed by atoms with Crippen molar-refractivity contribution in [1.29, 1.82) is 0 Å². The molecule has 3 aromatic rings. The molecular formula is C14H10Cl2N2O2S2.